The van der Waals surface area contributed by atoms with Gasteiger partial charge in [-0.1, -0.05) is 49.4 Å². The average molecular weight is 411 g/mol. The normalized spacial score (nSPS) is 19.2. The Labute approximate surface area is 185 Å². The zero-order valence-corrected chi connectivity index (χ0v) is 19.0. The molecule has 3 nitrogen and oxygen atoms in total. The molecule has 1 amide bonds. The molecule has 1 aliphatic carbocycles. The number of rotatable bonds is 3. The van der Waals surface area contributed by atoms with Crippen LogP contribution in [-0.2, 0) is 5.41 Å². The molecule has 3 aromatic rings. The Balaban J connectivity index is 1.76. The smallest absolute Gasteiger partial charge is 0.267 e. The SMILES string of the molecule is Cc1ccc([C@]2(C)CC/C(=N\NC(=O)c3ccccc3)c3cc(C)c(C)cc32)cc1C. The third-order valence-electron chi connectivity index (χ3n) is 6.87. The molecule has 0 heterocycles. The van der Waals surface area contributed by atoms with Crippen molar-refractivity contribution in [2.75, 3.05) is 0 Å². The van der Waals surface area contributed by atoms with Gasteiger partial charge < -0.3 is 0 Å². The molecule has 158 valence electrons. The number of hydrazone groups is 1. The summed E-state index contributed by atoms with van der Waals surface area (Å²) < 4.78 is 0. The van der Waals surface area contributed by atoms with E-state index in [4.69, 9.17) is 0 Å². The largest absolute Gasteiger partial charge is 0.271 e. The summed E-state index contributed by atoms with van der Waals surface area (Å²) in [5.74, 6) is -0.180. The Morgan fingerprint density at radius 2 is 1.55 bits per heavy atom. The lowest BCUT2D eigenvalue weighted by Crippen LogP contribution is -2.33. The predicted molar refractivity (Wildman–Crippen MR) is 128 cm³/mol. The number of hydrogen-bond donors (Lipinski definition) is 1. The van der Waals surface area contributed by atoms with Gasteiger partial charge in [-0.2, -0.15) is 5.10 Å². The molecule has 1 atom stereocenters. The van der Waals surface area contributed by atoms with Gasteiger partial charge in [0.25, 0.3) is 5.91 Å². The van der Waals surface area contributed by atoms with E-state index in [0.29, 0.717) is 5.56 Å². The number of amides is 1. The van der Waals surface area contributed by atoms with E-state index in [-0.39, 0.29) is 11.3 Å². The minimum Gasteiger partial charge on any atom is -0.267 e. The minimum atomic E-state index is -0.180. The van der Waals surface area contributed by atoms with E-state index < -0.39 is 0 Å². The van der Waals surface area contributed by atoms with E-state index in [1.165, 1.54) is 33.4 Å². The Morgan fingerprint density at radius 1 is 0.871 bits per heavy atom. The molecular weight excluding hydrogens is 380 g/mol. The summed E-state index contributed by atoms with van der Waals surface area (Å²) >= 11 is 0. The molecule has 0 saturated carbocycles. The fraction of sp³-hybridized carbons (Fsp3) is 0.286. The first kappa shape index (κ1) is 21.0. The van der Waals surface area contributed by atoms with Crippen molar-refractivity contribution in [3.8, 4) is 0 Å². The van der Waals surface area contributed by atoms with Crippen molar-refractivity contribution in [3.05, 3.63) is 105 Å². The molecule has 1 aliphatic rings. The van der Waals surface area contributed by atoms with Crippen LogP contribution in [0.25, 0.3) is 0 Å². The standard InChI is InChI=1S/C28H30N2O/c1-18-11-12-23(15-19(18)2)28(5)14-13-26(24-16-20(3)21(4)17-25(24)28)29-30-27(31)22-9-7-6-8-10-22/h6-12,15-17H,13-14H2,1-5H3,(H,30,31)/b29-26+/t28-/m0/s1. The van der Waals surface area contributed by atoms with Crippen LogP contribution in [0.15, 0.2) is 65.8 Å². The highest BCUT2D eigenvalue weighted by molar-refractivity contribution is 6.05. The molecule has 0 aliphatic heterocycles. The third-order valence-corrected chi connectivity index (χ3v) is 6.87. The maximum atomic E-state index is 12.5. The fourth-order valence-corrected chi connectivity index (χ4v) is 4.42. The van der Waals surface area contributed by atoms with Gasteiger partial charge in [0.1, 0.15) is 0 Å². The van der Waals surface area contributed by atoms with Gasteiger partial charge in [0.2, 0.25) is 0 Å². The fourth-order valence-electron chi connectivity index (χ4n) is 4.42. The van der Waals surface area contributed by atoms with Crippen molar-refractivity contribution in [1.29, 1.82) is 0 Å². The van der Waals surface area contributed by atoms with Crippen molar-refractivity contribution in [2.45, 2.75) is 52.9 Å². The van der Waals surface area contributed by atoms with Crippen LogP contribution in [0.1, 0.15) is 69.1 Å². The second-order valence-electron chi connectivity index (χ2n) is 8.98. The molecule has 0 radical (unpaired) electrons. The van der Waals surface area contributed by atoms with Gasteiger partial charge in [-0.3, -0.25) is 4.79 Å². The number of carbonyl (C=O) groups is 1. The summed E-state index contributed by atoms with van der Waals surface area (Å²) in [6.45, 7) is 11.0. The number of fused-ring (bicyclic) bond motifs is 1. The molecule has 0 unspecified atom stereocenters. The maximum absolute atomic E-state index is 12.5. The summed E-state index contributed by atoms with van der Waals surface area (Å²) in [6, 6.07) is 20.6. The summed E-state index contributed by atoms with van der Waals surface area (Å²) in [4.78, 5) is 12.5. The van der Waals surface area contributed by atoms with Gasteiger partial charge in [0.15, 0.2) is 0 Å². The Bertz CT molecular complexity index is 1180. The molecule has 0 bridgehead atoms. The maximum Gasteiger partial charge on any atom is 0.271 e. The number of nitrogens with one attached hydrogen (secondary N) is 1. The third kappa shape index (κ3) is 3.93. The van der Waals surface area contributed by atoms with Gasteiger partial charge in [0.05, 0.1) is 5.71 Å². The molecule has 4 rings (SSSR count). The van der Waals surface area contributed by atoms with Gasteiger partial charge >= 0.3 is 0 Å². The van der Waals surface area contributed by atoms with Crippen molar-refractivity contribution in [2.24, 2.45) is 5.10 Å². The lowest BCUT2D eigenvalue weighted by molar-refractivity contribution is 0.0954. The Morgan fingerprint density at radius 3 is 2.26 bits per heavy atom. The van der Waals surface area contributed by atoms with Crippen molar-refractivity contribution in [3.63, 3.8) is 0 Å². The molecule has 3 aromatic carbocycles. The van der Waals surface area contributed by atoms with E-state index in [0.717, 1.165) is 24.1 Å². The van der Waals surface area contributed by atoms with Crippen LogP contribution >= 0.6 is 0 Å². The number of aryl methyl sites for hydroxylation is 4. The van der Waals surface area contributed by atoms with Crippen LogP contribution in [0.5, 0.6) is 0 Å². The number of hydrogen-bond acceptors (Lipinski definition) is 2. The second-order valence-corrected chi connectivity index (χ2v) is 8.98. The lowest BCUT2D eigenvalue weighted by Gasteiger charge is -2.38. The zero-order valence-electron chi connectivity index (χ0n) is 19.0. The van der Waals surface area contributed by atoms with Gasteiger partial charge in [-0.05, 0) is 92.1 Å². The highest BCUT2D eigenvalue weighted by atomic mass is 16.2. The monoisotopic (exact) mass is 410 g/mol. The van der Waals surface area contributed by atoms with Crippen LogP contribution in [0, 0.1) is 27.7 Å². The van der Waals surface area contributed by atoms with Crippen LogP contribution < -0.4 is 5.43 Å². The lowest BCUT2D eigenvalue weighted by atomic mass is 9.66. The summed E-state index contributed by atoms with van der Waals surface area (Å²) in [6.07, 6.45) is 1.76. The molecule has 0 aromatic heterocycles. The highest BCUT2D eigenvalue weighted by Crippen LogP contribution is 2.43. The first-order valence-corrected chi connectivity index (χ1v) is 10.9. The topological polar surface area (TPSA) is 41.5 Å². The minimum absolute atomic E-state index is 0.0886. The molecule has 0 spiro atoms. The van der Waals surface area contributed by atoms with Crippen LogP contribution in [-0.4, -0.2) is 11.6 Å². The second kappa shape index (κ2) is 8.14. The summed E-state index contributed by atoms with van der Waals surface area (Å²) in [7, 11) is 0. The van der Waals surface area contributed by atoms with E-state index in [1.807, 2.05) is 18.2 Å². The van der Waals surface area contributed by atoms with Crippen LogP contribution in [0.3, 0.4) is 0 Å². The molecule has 1 N–H and O–H groups in total. The van der Waals surface area contributed by atoms with Crippen LogP contribution in [0.2, 0.25) is 0 Å². The van der Waals surface area contributed by atoms with Crippen molar-refractivity contribution in [1.82, 2.24) is 5.43 Å². The Kier molecular flexibility index (Phi) is 5.53. The quantitative estimate of drug-likeness (QED) is 0.517. The number of nitrogens with zero attached hydrogens (tertiary/aromatic N) is 1. The summed E-state index contributed by atoms with van der Waals surface area (Å²) in [5.41, 5.74) is 13.2. The van der Waals surface area contributed by atoms with Crippen LogP contribution in [0.4, 0.5) is 0 Å². The van der Waals surface area contributed by atoms with Gasteiger partial charge in [-0.25, -0.2) is 5.43 Å². The first-order chi connectivity index (χ1) is 14.8. The zero-order chi connectivity index (χ0) is 22.2. The summed E-state index contributed by atoms with van der Waals surface area (Å²) in [5, 5.41) is 4.58. The molecule has 0 fully saturated rings. The van der Waals surface area contributed by atoms with Gasteiger partial charge in [-0.15, -0.1) is 0 Å². The van der Waals surface area contributed by atoms with E-state index >= 15 is 0 Å². The molecule has 0 saturated heterocycles. The van der Waals surface area contributed by atoms with Crippen molar-refractivity contribution >= 4 is 11.6 Å². The average Bonchev–Trinajstić information content (AvgIpc) is 2.77. The molecule has 31 heavy (non-hydrogen) atoms. The van der Waals surface area contributed by atoms with E-state index in [1.54, 1.807) is 12.1 Å². The molecule has 3 heteroatoms. The Hall–Kier alpha value is -3.20. The van der Waals surface area contributed by atoms with Gasteiger partial charge in [0, 0.05) is 16.5 Å². The highest BCUT2D eigenvalue weighted by Gasteiger charge is 2.37. The number of benzene rings is 3. The number of carbonyl (C=O) groups excluding carboxylic acids is 1. The first-order valence-electron chi connectivity index (χ1n) is 10.9. The van der Waals surface area contributed by atoms with Crippen molar-refractivity contribution < 1.29 is 4.79 Å². The van der Waals surface area contributed by atoms with E-state index in [2.05, 4.69) is 75.5 Å². The van der Waals surface area contributed by atoms with E-state index in [9.17, 15) is 4.79 Å². The predicted octanol–water partition coefficient (Wildman–Crippen LogP) is 6.15. The molecular formula is C28H30N2O.